The first kappa shape index (κ1) is 17.0. The number of imide groups is 1. The van der Waals surface area contributed by atoms with Gasteiger partial charge in [-0.05, 0) is 48.7 Å². The average Bonchev–Trinajstić information content (AvgIpc) is 2.80. The smallest absolute Gasteiger partial charge is 0.301 e. The molecular formula is C19H16ClNO4. The van der Waals surface area contributed by atoms with Crippen LogP contribution >= 0.6 is 11.6 Å². The van der Waals surface area contributed by atoms with Crippen molar-refractivity contribution in [1.82, 2.24) is 0 Å². The third kappa shape index (κ3) is 2.76. The molecule has 25 heavy (non-hydrogen) atoms. The van der Waals surface area contributed by atoms with Gasteiger partial charge in [0.25, 0.3) is 5.91 Å². The Morgan fingerprint density at radius 3 is 2.36 bits per heavy atom. The SMILES string of the molecule is COc1ccc(Cl)cc1N1C(=O)C(O)=C(c2ccc(C)c(C)c2)C1=O. The van der Waals surface area contributed by atoms with E-state index in [1.54, 1.807) is 24.3 Å². The van der Waals surface area contributed by atoms with Gasteiger partial charge in [-0.25, -0.2) is 4.90 Å². The van der Waals surface area contributed by atoms with Gasteiger partial charge in [0.05, 0.1) is 18.4 Å². The summed E-state index contributed by atoms with van der Waals surface area (Å²) in [7, 11) is 1.43. The van der Waals surface area contributed by atoms with E-state index in [4.69, 9.17) is 16.3 Å². The molecule has 0 radical (unpaired) electrons. The van der Waals surface area contributed by atoms with Crippen LogP contribution in [0.2, 0.25) is 5.02 Å². The van der Waals surface area contributed by atoms with E-state index < -0.39 is 17.6 Å². The minimum absolute atomic E-state index is 0.0323. The molecule has 0 saturated carbocycles. The molecule has 6 heteroatoms. The van der Waals surface area contributed by atoms with E-state index in [2.05, 4.69) is 0 Å². The van der Waals surface area contributed by atoms with Crippen molar-refractivity contribution in [3.05, 3.63) is 63.9 Å². The van der Waals surface area contributed by atoms with E-state index in [1.807, 2.05) is 19.9 Å². The molecule has 0 aliphatic carbocycles. The number of carbonyl (C=O) groups is 2. The summed E-state index contributed by atoms with van der Waals surface area (Å²) in [4.78, 5) is 26.3. The van der Waals surface area contributed by atoms with E-state index in [1.165, 1.54) is 13.2 Å². The van der Waals surface area contributed by atoms with Crippen LogP contribution in [0.15, 0.2) is 42.2 Å². The summed E-state index contributed by atoms with van der Waals surface area (Å²) in [6.07, 6.45) is 0. The van der Waals surface area contributed by atoms with Crippen molar-refractivity contribution in [2.24, 2.45) is 0 Å². The number of benzene rings is 2. The first-order chi connectivity index (χ1) is 11.8. The molecule has 3 rings (SSSR count). The molecule has 1 heterocycles. The average molecular weight is 358 g/mol. The number of aliphatic hydroxyl groups is 1. The van der Waals surface area contributed by atoms with Crippen LogP contribution in [0.1, 0.15) is 16.7 Å². The predicted molar refractivity (Wildman–Crippen MR) is 96.0 cm³/mol. The largest absolute Gasteiger partial charge is 0.502 e. The molecule has 2 aromatic carbocycles. The van der Waals surface area contributed by atoms with Crippen LogP contribution in [-0.2, 0) is 9.59 Å². The Morgan fingerprint density at radius 2 is 1.72 bits per heavy atom. The lowest BCUT2D eigenvalue weighted by Crippen LogP contribution is -2.31. The number of rotatable bonds is 3. The van der Waals surface area contributed by atoms with Gasteiger partial charge in [0.15, 0.2) is 5.76 Å². The van der Waals surface area contributed by atoms with Gasteiger partial charge in [-0.3, -0.25) is 9.59 Å². The molecule has 0 atom stereocenters. The Hall–Kier alpha value is -2.79. The van der Waals surface area contributed by atoms with Crippen LogP contribution < -0.4 is 9.64 Å². The normalized spacial score (nSPS) is 14.5. The van der Waals surface area contributed by atoms with Gasteiger partial charge in [-0.15, -0.1) is 0 Å². The maximum absolute atomic E-state index is 12.9. The molecule has 0 unspecified atom stereocenters. The van der Waals surface area contributed by atoms with Crippen LogP contribution in [0, 0.1) is 13.8 Å². The topological polar surface area (TPSA) is 66.8 Å². The molecule has 0 fully saturated rings. The number of halogens is 1. The van der Waals surface area contributed by atoms with Crippen LogP contribution in [0.3, 0.4) is 0 Å². The zero-order chi connectivity index (χ0) is 18.3. The molecule has 128 valence electrons. The number of nitrogens with zero attached hydrogens (tertiary/aromatic N) is 1. The third-order valence-corrected chi connectivity index (χ3v) is 4.47. The molecule has 0 saturated heterocycles. The van der Waals surface area contributed by atoms with Crippen molar-refractivity contribution in [2.45, 2.75) is 13.8 Å². The standard InChI is InChI=1S/C19H16ClNO4/c1-10-4-5-12(8-11(10)2)16-17(22)19(24)21(18(16)23)14-9-13(20)6-7-15(14)25-3/h4-9,22H,1-3H3. The molecular weight excluding hydrogens is 342 g/mol. The highest BCUT2D eigenvalue weighted by Crippen LogP contribution is 2.38. The lowest BCUT2D eigenvalue weighted by atomic mass is 10.00. The molecule has 1 N–H and O–H groups in total. The second-order valence-electron chi connectivity index (χ2n) is 5.78. The molecule has 5 nitrogen and oxygen atoms in total. The minimum atomic E-state index is -0.807. The maximum atomic E-state index is 12.9. The summed E-state index contributed by atoms with van der Waals surface area (Å²) in [6, 6.07) is 9.91. The van der Waals surface area contributed by atoms with Crippen molar-refractivity contribution in [3.8, 4) is 5.75 Å². The maximum Gasteiger partial charge on any atom is 0.301 e. The van der Waals surface area contributed by atoms with E-state index in [-0.39, 0.29) is 11.3 Å². The Bertz CT molecular complexity index is 933. The van der Waals surface area contributed by atoms with Gasteiger partial charge in [0, 0.05) is 5.02 Å². The van der Waals surface area contributed by atoms with Gasteiger partial charge < -0.3 is 9.84 Å². The molecule has 1 aliphatic heterocycles. The van der Waals surface area contributed by atoms with Crippen LogP contribution in [-0.4, -0.2) is 24.0 Å². The number of aryl methyl sites for hydroxylation is 2. The highest BCUT2D eigenvalue weighted by atomic mass is 35.5. The summed E-state index contributed by atoms with van der Waals surface area (Å²) in [5, 5.41) is 10.6. The van der Waals surface area contributed by atoms with E-state index in [0.717, 1.165) is 16.0 Å². The lowest BCUT2D eigenvalue weighted by Gasteiger charge is -2.18. The summed E-state index contributed by atoms with van der Waals surface area (Å²) in [5.41, 5.74) is 2.65. The number of carbonyl (C=O) groups excluding carboxylic acids is 2. The number of ether oxygens (including phenoxy) is 1. The van der Waals surface area contributed by atoms with E-state index in [0.29, 0.717) is 16.3 Å². The van der Waals surface area contributed by atoms with E-state index >= 15 is 0 Å². The number of methoxy groups -OCH3 is 1. The Morgan fingerprint density at radius 1 is 1.00 bits per heavy atom. The highest BCUT2D eigenvalue weighted by molar-refractivity contribution is 6.45. The highest BCUT2D eigenvalue weighted by Gasteiger charge is 2.41. The van der Waals surface area contributed by atoms with Crippen molar-refractivity contribution < 1.29 is 19.4 Å². The Balaban J connectivity index is 2.11. The van der Waals surface area contributed by atoms with Gasteiger partial charge in [-0.1, -0.05) is 29.8 Å². The summed E-state index contributed by atoms with van der Waals surface area (Å²) in [6.45, 7) is 3.84. The fourth-order valence-corrected chi connectivity index (χ4v) is 2.90. The Labute approximate surface area is 150 Å². The molecule has 0 aromatic heterocycles. The molecule has 1 aliphatic rings. The van der Waals surface area contributed by atoms with Crippen molar-refractivity contribution >= 4 is 34.7 Å². The van der Waals surface area contributed by atoms with Crippen LogP contribution in [0.5, 0.6) is 5.75 Å². The van der Waals surface area contributed by atoms with Crippen molar-refractivity contribution in [2.75, 3.05) is 12.0 Å². The zero-order valence-electron chi connectivity index (χ0n) is 14.0. The van der Waals surface area contributed by atoms with Crippen molar-refractivity contribution in [3.63, 3.8) is 0 Å². The second-order valence-corrected chi connectivity index (χ2v) is 6.22. The summed E-state index contributed by atoms with van der Waals surface area (Å²) < 4.78 is 5.22. The second kappa shape index (κ2) is 6.26. The number of hydrogen-bond donors (Lipinski definition) is 1. The van der Waals surface area contributed by atoms with Crippen LogP contribution in [0.4, 0.5) is 5.69 Å². The van der Waals surface area contributed by atoms with Gasteiger partial charge >= 0.3 is 5.91 Å². The quantitative estimate of drug-likeness (QED) is 0.848. The van der Waals surface area contributed by atoms with Gasteiger partial charge in [0.2, 0.25) is 0 Å². The zero-order valence-corrected chi connectivity index (χ0v) is 14.7. The predicted octanol–water partition coefficient (Wildman–Crippen LogP) is 3.81. The fourth-order valence-electron chi connectivity index (χ4n) is 2.73. The molecule has 0 spiro atoms. The van der Waals surface area contributed by atoms with Gasteiger partial charge in [-0.2, -0.15) is 0 Å². The summed E-state index contributed by atoms with van der Waals surface area (Å²) >= 11 is 5.99. The Kier molecular flexibility index (Phi) is 4.27. The first-order valence-corrected chi connectivity index (χ1v) is 7.96. The van der Waals surface area contributed by atoms with E-state index in [9.17, 15) is 14.7 Å². The van der Waals surface area contributed by atoms with Crippen LogP contribution in [0.25, 0.3) is 5.57 Å². The summed E-state index contributed by atoms with van der Waals surface area (Å²) in [5.74, 6) is -1.71. The minimum Gasteiger partial charge on any atom is -0.502 e. The number of hydrogen-bond acceptors (Lipinski definition) is 4. The monoisotopic (exact) mass is 357 g/mol. The fraction of sp³-hybridized carbons (Fsp3) is 0.158. The molecule has 0 bridgehead atoms. The lowest BCUT2D eigenvalue weighted by molar-refractivity contribution is -0.121. The molecule has 2 amide bonds. The van der Waals surface area contributed by atoms with Gasteiger partial charge in [0.1, 0.15) is 5.75 Å². The van der Waals surface area contributed by atoms with Crippen molar-refractivity contribution in [1.29, 1.82) is 0 Å². The number of amides is 2. The third-order valence-electron chi connectivity index (χ3n) is 4.24. The molecule has 2 aromatic rings. The number of anilines is 1. The first-order valence-electron chi connectivity index (χ1n) is 7.58. The number of aliphatic hydroxyl groups excluding tert-OH is 1.